The minimum absolute atomic E-state index is 0.123. The zero-order valence-corrected chi connectivity index (χ0v) is 18.7. The smallest absolute Gasteiger partial charge is 0.344 e. The third-order valence-corrected chi connectivity index (χ3v) is 5.12. The van der Waals surface area contributed by atoms with Crippen LogP contribution in [-0.2, 0) is 11.3 Å². The molecule has 1 amide bonds. The lowest BCUT2D eigenvalue weighted by Gasteiger charge is -2.08. The summed E-state index contributed by atoms with van der Waals surface area (Å²) in [5, 5.41) is 19.0. The predicted octanol–water partition coefficient (Wildman–Crippen LogP) is 3.54. The van der Waals surface area contributed by atoms with Crippen LogP contribution in [-0.4, -0.2) is 32.8 Å². The van der Waals surface area contributed by atoms with Crippen LogP contribution in [0.3, 0.4) is 0 Å². The number of carbonyl (C=O) groups excluding carboxylic acids is 2. The zero-order chi connectivity index (χ0) is 23.3. The molecule has 3 aromatic rings. The van der Waals surface area contributed by atoms with Crippen LogP contribution in [0.15, 0.2) is 58.1 Å². The van der Waals surface area contributed by atoms with E-state index in [2.05, 4.69) is 31.6 Å². The lowest BCUT2D eigenvalue weighted by Crippen LogP contribution is -2.24. The van der Waals surface area contributed by atoms with Gasteiger partial charge in [-0.3, -0.25) is 19.6 Å². The van der Waals surface area contributed by atoms with Crippen LogP contribution < -0.4 is 10.2 Å². The van der Waals surface area contributed by atoms with Gasteiger partial charge in [0.1, 0.15) is 23.7 Å². The summed E-state index contributed by atoms with van der Waals surface area (Å²) in [6.45, 7) is 2.78. The second-order valence-corrected chi connectivity index (χ2v) is 7.49. The number of esters is 1. The summed E-state index contributed by atoms with van der Waals surface area (Å²) in [6, 6.07) is 13.6. The zero-order valence-electron chi connectivity index (χ0n) is 17.1. The largest absolute Gasteiger partial charge is 0.422 e. The number of para-hydroxylation sites is 1. The van der Waals surface area contributed by atoms with E-state index in [1.165, 1.54) is 24.7 Å². The lowest BCUT2D eigenvalue weighted by atomic mass is 10.2. The highest BCUT2D eigenvalue weighted by atomic mass is 79.9. The van der Waals surface area contributed by atoms with Crippen molar-refractivity contribution in [3.05, 3.63) is 85.6 Å². The summed E-state index contributed by atoms with van der Waals surface area (Å²) in [7, 11) is 0. The first-order valence-electron chi connectivity index (χ1n) is 9.34. The number of aryl methyl sites for hydroxylation is 1. The number of benzene rings is 2. The van der Waals surface area contributed by atoms with E-state index in [0.29, 0.717) is 15.6 Å². The molecule has 0 unspecified atom stereocenters. The second-order valence-electron chi connectivity index (χ2n) is 6.63. The number of nitro groups is 1. The van der Waals surface area contributed by atoms with Gasteiger partial charge in [-0.25, -0.2) is 10.2 Å². The van der Waals surface area contributed by atoms with Gasteiger partial charge in [0, 0.05) is 10.0 Å². The first kappa shape index (κ1) is 22.8. The van der Waals surface area contributed by atoms with E-state index in [1.54, 1.807) is 48.5 Å². The molecule has 1 N–H and O–H groups in total. The van der Waals surface area contributed by atoms with Crippen molar-refractivity contribution >= 4 is 39.7 Å². The van der Waals surface area contributed by atoms with Crippen molar-refractivity contribution in [3.63, 3.8) is 0 Å². The number of nitrogens with one attached hydrogen (secondary N) is 1. The van der Waals surface area contributed by atoms with Crippen molar-refractivity contribution in [2.75, 3.05) is 0 Å². The normalized spacial score (nSPS) is 10.8. The van der Waals surface area contributed by atoms with Gasteiger partial charge in [0.05, 0.1) is 16.7 Å². The summed E-state index contributed by atoms with van der Waals surface area (Å²) in [4.78, 5) is 35.2. The molecule has 0 saturated carbocycles. The molecule has 0 atom stereocenters. The Bertz CT molecular complexity index is 1220. The van der Waals surface area contributed by atoms with Gasteiger partial charge < -0.3 is 4.74 Å². The van der Waals surface area contributed by atoms with Gasteiger partial charge in [0.25, 0.3) is 5.91 Å². The van der Waals surface area contributed by atoms with Crippen LogP contribution in [0, 0.1) is 24.0 Å². The van der Waals surface area contributed by atoms with Crippen molar-refractivity contribution in [1.29, 1.82) is 0 Å². The number of amides is 1. The highest BCUT2D eigenvalue weighted by molar-refractivity contribution is 9.10. The van der Waals surface area contributed by atoms with E-state index in [-0.39, 0.29) is 29.4 Å². The van der Waals surface area contributed by atoms with Crippen LogP contribution in [0.1, 0.15) is 27.3 Å². The maximum Gasteiger partial charge on any atom is 0.344 e. The van der Waals surface area contributed by atoms with Crippen LogP contribution in [0.2, 0.25) is 0 Å². The monoisotopic (exact) mass is 499 g/mol. The highest BCUT2D eigenvalue weighted by Crippen LogP contribution is 2.22. The molecule has 0 bridgehead atoms. The molecule has 3 rings (SSSR count). The fraction of sp³-hybridized carbons (Fsp3) is 0.143. The van der Waals surface area contributed by atoms with Crippen molar-refractivity contribution < 1.29 is 19.2 Å². The van der Waals surface area contributed by atoms with Crippen LogP contribution >= 0.6 is 15.9 Å². The number of hydrazone groups is 1. The third-order valence-electron chi connectivity index (χ3n) is 4.43. The quantitative estimate of drug-likeness (QED) is 0.174. The Morgan fingerprint density at radius 2 is 1.91 bits per heavy atom. The fourth-order valence-corrected chi connectivity index (χ4v) is 3.36. The van der Waals surface area contributed by atoms with Crippen molar-refractivity contribution in [3.8, 4) is 5.75 Å². The van der Waals surface area contributed by atoms with E-state index in [9.17, 15) is 19.7 Å². The average Bonchev–Trinajstić information content (AvgIpc) is 3.02. The first-order valence-corrected chi connectivity index (χ1v) is 10.1. The average molecular weight is 500 g/mol. The van der Waals surface area contributed by atoms with Crippen LogP contribution in [0.4, 0.5) is 5.69 Å². The van der Waals surface area contributed by atoms with Gasteiger partial charge >= 0.3 is 11.7 Å². The van der Waals surface area contributed by atoms with Gasteiger partial charge in [-0.15, -0.1) is 0 Å². The fourth-order valence-electron chi connectivity index (χ4n) is 2.91. The van der Waals surface area contributed by atoms with E-state index < -0.39 is 16.8 Å². The Kier molecular flexibility index (Phi) is 7.11. The first-order chi connectivity index (χ1) is 15.3. The SMILES string of the molecule is Cc1nn(CC(=O)NN=Cc2ccccc2OC(=O)c2ccccc2Br)c(C)c1[N+](=O)[O-]. The third kappa shape index (κ3) is 5.24. The number of hydrogen-bond acceptors (Lipinski definition) is 7. The second kappa shape index (κ2) is 9.96. The molecule has 32 heavy (non-hydrogen) atoms. The van der Waals surface area contributed by atoms with Gasteiger partial charge in [-0.2, -0.15) is 10.2 Å². The molecule has 164 valence electrons. The van der Waals surface area contributed by atoms with Gasteiger partial charge in [-0.05, 0) is 54.0 Å². The molecular formula is C21H18BrN5O5. The summed E-state index contributed by atoms with van der Waals surface area (Å²) in [5.74, 6) is -0.807. The van der Waals surface area contributed by atoms with Gasteiger partial charge in [-0.1, -0.05) is 24.3 Å². The van der Waals surface area contributed by atoms with Crippen molar-refractivity contribution in [1.82, 2.24) is 15.2 Å². The summed E-state index contributed by atoms with van der Waals surface area (Å²) < 4.78 is 7.32. The Balaban J connectivity index is 1.67. The minimum Gasteiger partial charge on any atom is -0.422 e. The molecule has 2 aromatic carbocycles. The van der Waals surface area contributed by atoms with E-state index in [0.717, 1.165) is 0 Å². The molecule has 0 aliphatic carbocycles. The highest BCUT2D eigenvalue weighted by Gasteiger charge is 2.22. The summed E-state index contributed by atoms with van der Waals surface area (Å²) >= 11 is 3.31. The number of aromatic nitrogens is 2. The van der Waals surface area contributed by atoms with Gasteiger partial charge in [0.2, 0.25) is 0 Å². The Labute approximate surface area is 191 Å². The number of hydrogen-bond donors (Lipinski definition) is 1. The summed E-state index contributed by atoms with van der Waals surface area (Å²) in [5.41, 5.74) is 3.55. The molecule has 0 aliphatic heterocycles. The molecule has 1 heterocycles. The Hall–Kier alpha value is -3.86. The van der Waals surface area contributed by atoms with Crippen molar-refractivity contribution in [2.45, 2.75) is 20.4 Å². The maximum atomic E-state index is 12.5. The number of rotatable bonds is 7. The Morgan fingerprint density at radius 3 is 2.59 bits per heavy atom. The molecule has 0 saturated heterocycles. The van der Waals surface area contributed by atoms with Gasteiger partial charge in [0.15, 0.2) is 0 Å². The molecule has 0 radical (unpaired) electrons. The van der Waals surface area contributed by atoms with E-state index in [4.69, 9.17) is 4.74 Å². The summed E-state index contributed by atoms with van der Waals surface area (Å²) in [6.07, 6.45) is 1.34. The predicted molar refractivity (Wildman–Crippen MR) is 120 cm³/mol. The van der Waals surface area contributed by atoms with Crippen LogP contribution in [0.25, 0.3) is 0 Å². The lowest BCUT2D eigenvalue weighted by molar-refractivity contribution is -0.386. The number of nitrogens with zero attached hydrogens (tertiary/aromatic N) is 4. The topological polar surface area (TPSA) is 129 Å². The molecule has 0 aliphatic rings. The standard InChI is InChI=1S/C21H18BrN5O5/c1-13-20(27(30)31)14(2)26(25-13)12-19(28)24-23-11-15-7-3-6-10-18(15)32-21(29)16-8-4-5-9-17(16)22/h3-11H,12H2,1-2H3,(H,24,28). The molecule has 1 aromatic heterocycles. The molecule has 0 fully saturated rings. The molecule has 10 nitrogen and oxygen atoms in total. The van der Waals surface area contributed by atoms with E-state index >= 15 is 0 Å². The Morgan fingerprint density at radius 1 is 1.22 bits per heavy atom. The maximum absolute atomic E-state index is 12.5. The minimum atomic E-state index is -0.548. The molecule has 11 heteroatoms. The van der Waals surface area contributed by atoms with Crippen molar-refractivity contribution in [2.24, 2.45) is 5.10 Å². The number of ether oxygens (including phenoxy) is 1. The molecule has 0 spiro atoms. The van der Waals surface area contributed by atoms with E-state index in [1.807, 2.05) is 0 Å². The molecular weight excluding hydrogens is 482 g/mol. The van der Waals surface area contributed by atoms with Crippen LogP contribution in [0.5, 0.6) is 5.75 Å². The number of carbonyl (C=O) groups is 2. The number of halogens is 1.